The number of carbonyl (C=O) groups excluding carboxylic acids is 1. The summed E-state index contributed by atoms with van der Waals surface area (Å²) in [5.41, 5.74) is 7.52. The van der Waals surface area contributed by atoms with Gasteiger partial charge < -0.3 is 10.5 Å². The summed E-state index contributed by atoms with van der Waals surface area (Å²) in [6, 6.07) is 6.08. The van der Waals surface area contributed by atoms with Gasteiger partial charge in [0, 0.05) is 11.4 Å². The quantitative estimate of drug-likeness (QED) is 0.673. The second-order valence-corrected chi connectivity index (χ2v) is 6.21. The van der Waals surface area contributed by atoms with Gasteiger partial charge in [-0.3, -0.25) is 4.79 Å². The van der Waals surface area contributed by atoms with Gasteiger partial charge >= 0.3 is 5.97 Å². The molecule has 0 radical (unpaired) electrons. The second-order valence-electron chi connectivity index (χ2n) is 5.19. The summed E-state index contributed by atoms with van der Waals surface area (Å²) in [6.07, 6.45) is 0. The fourth-order valence-electron chi connectivity index (χ4n) is 1.52. The molecule has 2 N–H and O–H groups in total. The van der Waals surface area contributed by atoms with Gasteiger partial charge in [0.25, 0.3) is 0 Å². The Morgan fingerprint density at radius 3 is 2.61 bits per heavy atom. The highest BCUT2D eigenvalue weighted by Crippen LogP contribution is 2.24. The average molecular weight is 267 g/mol. The minimum atomic E-state index is -0.429. The van der Waals surface area contributed by atoms with Crippen LogP contribution in [0, 0.1) is 6.92 Å². The first-order chi connectivity index (χ1) is 8.31. The van der Waals surface area contributed by atoms with Crippen molar-refractivity contribution < 1.29 is 9.53 Å². The number of esters is 1. The van der Waals surface area contributed by atoms with Crippen LogP contribution in [0.1, 0.15) is 31.9 Å². The molecule has 3 nitrogen and oxygen atoms in total. The van der Waals surface area contributed by atoms with E-state index in [0.29, 0.717) is 12.3 Å². The largest absolute Gasteiger partial charge is 0.459 e. The Morgan fingerprint density at radius 2 is 2.06 bits per heavy atom. The number of ether oxygens (including phenoxy) is 1. The van der Waals surface area contributed by atoms with Gasteiger partial charge in [-0.15, -0.1) is 11.8 Å². The van der Waals surface area contributed by atoms with E-state index in [9.17, 15) is 4.79 Å². The molecule has 1 rings (SSSR count). The van der Waals surface area contributed by atoms with Gasteiger partial charge in [0.05, 0.1) is 5.75 Å². The summed E-state index contributed by atoms with van der Waals surface area (Å²) in [5.74, 6) is 0.115. The van der Waals surface area contributed by atoms with Crippen molar-refractivity contribution in [1.29, 1.82) is 0 Å². The molecular formula is C14H21NO2S. The summed E-state index contributed by atoms with van der Waals surface area (Å²) in [7, 11) is 0. The number of benzene rings is 1. The molecule has 0 saturated heterocycles. The predicted octanol–water partition coefficient (Wildman–Crippen LogP) is 2.89. The molecule has 0 fully saturated rings. The minimum absolute atomic E-state index is 0.198. The lowest BCUT2D eigenvalue weighted by molar-refractivity contribution is -0.151. The van der Waals surface area contributed by atoms with E-state index >= 15 is 0 Å². The maximum absolute atomic E-state index is 11.6. The number of nitrogens with two attached hydrogens (primary N) is 1. The molecule has 0 saturated carbocycles. The van der Waals surface area contributed by atoms with Crippen LogP contribution in [-0.2, 0) is 16.1 Å². The van der Waals surface area contributed by atoms with E-state index in [0.717, 1.165) is 10.5 Å². The van der Waals surface area contributed by atoms with Gasteiger partial charge in [0.1, 0.15) is 5.60 Å². The fourth-order valence-corrected chi connectivity index (χ4v) is 2.34. The summed E-state index contributed by atoms with van der Waals surface area (Å²) in [4.78, 5) is 12.7. The molecule has 0 aromatic heterocycles. The zero-order chi connectivity index (χ0) is 13.8. The van der Waals surface area contributed by atoms with E-state index in [1.165, 1.54) is 17.3 Å². The van der Waals surface area contributed by atoms with E-state index in [2.05, 4.69) is 6.07 Å². The summed E-state index contributed by atoms with van der Waals surface area (Å²) in [5, 5.41) is 0. The number of rotatable bonds is 4. The summed E-state index contributed by atoms with van der Waals surface area (Å²) >= 11 is 1.47. The van der Waals surface area contributed by atoms with Crippen LogP contribution < -0.4 is 5.73 Å². The maximum atomic E-state index is 11.6. The Hall–Kier alpha value is -1.00. The molecule has 0 aliphatic heterocycles. The minimum Gasteiger partial charge on any atom is -0.459 e. The van der Waals surface area contributed by atoms with Gasteiger partial charge in [-0.2, -0.15) is 0 Å². The molecule has 0 amide bonds. The Balaban J connectivity index is 2.61. The predicted molar refractivity (Wildman–Crippen MR) is 75.6 cm³/mol. The van der Waals surface area contributed by atoms with Crippen molar-refractivity contribution in [3.63, 3.8) is 0 Å². The third-order valence-electron chi connectivity index (χ3n) is 2.20. The highest BCUT2D eigenvalue weighted by atomic mass is 32.2. The smallest absolute Gasteiger partial charge is 0.316 e. The number of aryl methyl sites for hydroxylation is 1. The van der Waals surface area contributed by atoms with Crippen LogP contribution in [0.25, 0.3) is 0 Å². The van der Waals surface area contributed by atoms with E-state index in [1.54, 1.807) is 0 Å². The molecule has 0 heterocycles. The van der Waals surface area contributed by atoms with E-state index in [1.807, 2.05) is 39.8 Å². The maximum Gasteiger partial charge on any atom is 0.316 e. The molecule has 18 heavy (non-hydrogen) atoms. The van der Waals surface area contributed by atoms with Crippen LogP contribution in [0.4, 0.5) is 0 Å². The highest BCUT2D eigenvalue weighted by molar-refractivity contribution is 8.00. The van der Waals surface area contributed by atoms with Crippen LogP contribution in [0.5, 0.6) is 0 Å². The third kappa shape index (κ3) is 5.10. The molecule has 1 aromatic rings. The molecule has 4 heteroatoms. The van der Waals surface area contributed by atoms with Crippen LogP contribution in [0.3, 0.4) is 0 Å². The van der Waals surface area contributed by atoms with Crippen molar-refractivity contribution in [3.05, 3.63) is 29.3 Å². The Labute approximate surface area is 113 Å². The van der Waals surface area contributed by atoms with Crippen LogP contribution in [0.2, 0.25) is 0 Å². The molecule has 0 bridgehead atoms. The van der Waals surface area contributed by atoms with Gasteiger partial charge in [0.15, 0.2) is 0 Å². The van der Waals surface area contributed by atoms with Gasteiger partial charge in [-0.1, -0.05) is 17.7 Å². The lowest BCUT2D eigenvalue weighted by atomic mass is 10.1. The molecule has 0 aliphatic carbocycles. The zero-order valence-electron chi connectivity index (χ0n) is 11.4. The summed E-state index contributed by atoms with van der Waals surface area (Å²) < 4.78 is 5.27. The lowest BCUT2D eigenvalue weighted by Crippen LogP contribution is -2.24. The third-order valence-corrected chi connectivity index (χ3v) is 3.29. The van der Waals surface area contributed by atoms with Crippen molar-refractivity contribution >= 4 is 17.7 Å². The number of thioether (sulfide) groups is 1. The lowest BCUT2D eigenvalue weighted by Gasteiger charge is -2.19. The van der Waals surface area contributed by atoms with Crippen molar-refractivity contribution in [2.75, 3.05) is 5.75 Å². The van der Waals surface area contributed by atoms with Gasteiger partial charge in [-0.25, -0.2) is 0 Å². The van der Waals surface area contributed by atoms with Crippen molar-refractivity contribution in [3.8, 4) is 0 Å². The van der Waals surface area contributed by atoms with Gasteiger partial charge in [-0.05, 0) is 39.3 Å². The van der Waals surface area contributed by atoms with Crippen molar-refractivity contribution in [2.45, 2.75) is 44.7 Å². The highest BCUT2D eigenvalue weighted by Gasteiger charge is 2.16. The zero-order valence-corrected chi connectivity index (χ0v) is 12.3. The van der Waals surface area contributed by atoms with Crippen LogP contribution in [-0.4, -0.2) is 17.3 Å². The Morgan fingerprint density at radius 1 is 1.39 bits per heavy atom. The molecule has 100 valence electrons. The molecular weight excluding hydrogens is 246 g/mol. The fraction of sp³-hybridized carbons (Fsp3) is 0.500. The standard InChI is InChI=1S/C14H21NO2S/c1-10-5-6-12(11(7-10)8-15)18-9-13(16)17-14(2,3)4/h5-7H,8-9,15H2,1-4H3. The molecule has 0 aliphatic rings. The molecule has 0 unspecified atom stereocenters. The van der Waals surface area contributed by atoms with Crippen molar-refractivity contribution in [1.82, 2.24) is 0 Å². The van der Waals surface area contributed by atoms with Crippen LogP contribution in [0.15, 0.2) is 23.1 Å². The number of hydrogen-bond acceptors (Lipinski definition) is 4. The van der Waals surface area contributed by atoms with E-state index < -0.39 is 5.60 Å². The molecule has 1 aromatic carbocycles. The first-order valence-corrected chi connectivity index (χ1v) is 6.94. The number of carbonyl (C=O) groups is 1. The number of hydrogen-bond donors (Lipinski definition) is 1. The Kier molecular flexibility index (Phi) is 5.23. The summed E-state index contributed by atoms with van der Waals surface area (Å²) in [6.45, 7) is 8.12. The molecule has 0 atom stereocenters. The average Bonchev–Trinajstić information content (AvgIpc) is 2.24. The van der Waals surface area contributed by atoms with Crippen molar-refractivity contribution in [2.24, 2.45) is 5.73 Å². The second kappa shape index (κ2) is 6.25. The van der Waals surface area contributed by atoms with Crippen LogP contribution >= 0.6 is 11.8 Å². The topological polar surface area (TPSA) is 52.3 Å². The monoisotopic (exact) mass is 267 g/mol. The van der Waals surface area contributed by atoms with E-state index in [4.69, 9.17) is 10.5 Å². The first kappa shape index (κ1) is 15.1. The first-order valence-electron chi connectivity index (χ1n) is 5.96. The normalized spacial score (nSPS) is 11.4. The SMILES string of the molecule is Cc1ccc(SCC(=O)OC(C)(C)C)c(CN)c1. The van der Waals surface area contributed by atoms with Gasteiger partial charge in [0.2, 0.25) is 0 Å². The Bertz CT molecular complexity index is 424. The van der Waals surface area contributed by atoms with E-state index in [-0.39, 0.29) is 5.97 Å². The molecule has 0 spiro atoms.